The third kappa shape index (κ3) is 11.8. The van der Waals surface area contributed by atoms with E-state index in [1.807, 2.05) is 0 Å². The Labute approximate surface area is 167 Å². The molecule has 0 aliphatic heterocycles. The van der Waals surface area contributed by atoms with Crippen LogP contribution in [0.3, 0.4) is 0 Å². The van der Waals surface area contributed by atoms with Gasteiger partial charge in [-0.1, -0.05) is 0 Å². The summed E-state index contributed by atoms with van der Waals surface area (Å²) in [5, 5.41) is 104. The van der Waals surface area contributed by atoms with E-state index in [2.05, 4.69) is 0 Å². The number of aliphatic hydroxyl groups excluding tert-OH is 10. The van der Waals surface area contributed by atoms with Gasteiger partial charge in [-0.2, -0.15) is 0 Å². The van der Waals surface area contributed by atoms with Crippen molar-refractivity contribution < 1.29 is 93.1 Å². The van der Waals surface area contributed by atoms with Crippen LogP contribution in [0.1, 0.15) is 0 Å². The van der Waals surface area contributed by atoms with Gasteiger partial charge in [0, 0.05) is 16.8 Å². The average molecular weight is 469 g/mol. The van der Waals surface area contributed by atoms with E-state index in [0.29, 0.717) is 0 Å². The predicted octanol–water partition coefficient (Wildman–Crippen LogP) is -7.81. The van der Waals surface area contributed by atoms with Crippen LogP contribution < -0.4 is 0 Å². The summed E-state index contributed by atoms with van der Waals surface area (Å²) in [6.07, 6.45) is -15.7. The Kier molecular flexibility index (Phi) is 20.8. The molecule has 16 heteroatoms. The molecule has 0 aliphatic carbocycles. The minimum absolute atomic E-state index is 0. The van der Waals surface area contributed by atoms with E-state index in [1.165, 1.54) is 0 Å². The molecule has 0 spiro atoms. The van der Waals surface area contributed by atoms with Crippen LogP contribution in [0, 0.1) is 0 Å². The SMILES string of the molecule is O.O=C(O)[C@H](O)[C@@H](O)[C@H](O)[C@H](O)CO.O=C(O)[C@H](O)[C@@H](O)[C@H](O)[C@H](O)CO.[Co]. The molecule has 0 aromatic heterocycles. The fourth-order valence-electron chi connectivity index (χ4n) is 1.34. The Bertz CT molecular complexity index is 386. The average Bonchev–Trinajstić information content (AvgIpc) is 2.62. The van der Waals surface area contributed by atoms with Crippen molar-refractivity contribution in [1.82, 2.24) is 0 Å². The van der Waals surface area contributed by atoms with Crippen LogP contribution in [0.5, 0.6) is 0 Å². The van der Waals surface area contributed by atoms with Gasteiger partial charge in [0.1, 0.15) is 36.6 Å². The van der Waals surface area contributed by atoms with Crippen molar-refractivity contribution >= 4 is 11.9 Å². The van der Waals surface area contributed by atoms with Crippen molar-refractivity contribution in [2.45, 2.75) is 48.8 Å². The van der Waals surface area contributed by atoms with E-state index in [0.717, 1.165) is 0 Å². The van der Waals surface area contributed by atoms with E-state index in [4.69, 9.17) is 61.3 Å². The zero-order valence-corrected chi connectivity index (χ0v) is 15.1. The Morgan fingerprint density at radius 1 is 0.571 bits per heavy atom. The minimum atomic E-state index is -2.20. The Hall–Kier alpha value is -0.994. The standard InChI is InChI=1S/2C6H12O7.Co.H2O/c2*7-1-2(8)3(9)4(10)5(11)6(12)13;;/h2*2-5,7-11H,1H2,(H,12,13);;1H2/t2*2-,3-,4+,5-;;/m11../s1. The van der Waals surface area contributed by atoms with Crippen molar-refractivity contribution in [3.63, 3.8) is 0 Å². The minimum Gasteiger partial charge on any atom is -0.479 e. The van der Waals surface area contributed by atoms with Crippen LogP contribution in [0.4, 0.5) is 0 Å². The molecule has 15 nitrogen and oxygen atoms in total. The van der Waals surface area contributed by atoms with E-state index in [-0.39, 0.29) is 22.3 Å². The largest absolute Gasteiger partial charge is 0.479 e. The summed E-state index contributed by atoms with van der Waals surface area (Å²) < 4.78 is 0. The Morgan fingerprint density at radius 2 is 0.786 bits per heavy atom. The number of hydrogen-bond donors (Lipinski definition) is 12. The second kappa shape index (κ2) is 16.9. The van der Waals surface area contributed by atoms with Gasteiger partial charge in [0.05, 0.1) is 13.2 Å². The number of hydrogen-bond acceptors (Lipinski definition) is 12. The number of aliphatic carboxylic acids is 2. The third-order valence-corrected chi connectivity index (χ3v) is 3.02. The summed E-state index contributed by atoms with van der Waals surface area (Å²) in [5.41, 5.74) is 0. The molecule has 0 amide bonds. The molecular formula is C12H26CoO15. The Morgan fingerprint density at radius 3 is 0.929 bits per heavy atom. The first kappa shape index (κ1) is 34.5. The molecule has 14 N–H and O–H groups in total. The monoisotopic (exact) mass is 469 g/mol. The van der Waals surface area contributed by atoms with Gasteiger partial charge in [-0.05, 0) is 0 Å². The van der Waals surface area contributed by atoms with Crippen molar-refractivity contribution in [3.8, 4) is 0 Å². The molecule has 8 atom stereocenters. The zero-order chi connectivity index (χ0) is 21.2. The molecule has 1 radical (unpaired) electrons. The topological polar surface area (TPSA) is 308 Å². The molecule has 173 valence electrons. The summed E-state index contributed by atoms with van der Waals surface area (Å²) in [7, 11) is 0. The molecule has 0 aromatic rings. The van der Waals surface area contributed by atoms with Crippen LogP contribution in [-0.4, -0.2) is 141 Å². The van der Waals surface area contributed by atoms with Gasteiger partial charge in [-0.15, -0.1) is 0 Å². The molecule has 0 heterocycles. The molecule has 0 unspecified atom stereocenters. The fourth-order valence-corrected chi connectivity index (χ4v) is 1.34. The van der Waals surface area contributed by atoms with E-state index in [1.54, 1.807) is 0 Å². The number of carboxylic acid groups (broad SMARTS) is 2. The summed E-state index contributed by atoms with van der Waals surface area (Å²) in [6, 6.07) is 0. The van der Waals surface area contributed by atoms with Crippen LogP contribution >= 0.6 is 0 Å². The van der Waals surface area contributed by atoms with E-state index < -0.39 is 74.0 Å². The molecular weight excluding hydrogens is 443 g/mol. The summed E-state index contributed by atoms with van der Waals surface area (Å²) in [6.45, 7) is -1.69. The third-order valence-electron chi connectivity index (χ3n) is 3.02. The van der Waals surface area contributed by atoms with Gasteiger partial charge in [-0.3, -0.25) is 0 Å². The van der Waals surface area contributed by atoms with Crippen molar-refractivity contribution in [1.29, 1.82) is 0 Å². The van der Waals surface area contributed by atoms with Gasteiger partial charge in [0.2, 0.25) is 0 Å². The molecule has 28 heavy (non-hydrogen) atoms. The summed E-state index contributed by atoms with van der Waals surface area (Å²) in [5.74, 6) is -3.45. The quantitative estimate of drug-likeness (QED) is 0.141. The number of aliphatic hydroxyl groups is 10. The van der Waals surface area contributed by atoms with Crippen molar-refractivity contribution in [3.05, 3.63) is 0 Å². The van der Waals surface area contributed by atoms with Crippen molar-refractivity contribution in [2.24, 2.45) is 0 Å². The van der Waals surface area contributed by atoms with Crippen molar-refractivity contribution in [2.75, 3.05) is 13.2 Å². The maximum atomic E-state index is 10.1. The van der Waals surface area contributed by atoms with E-state index >= 15 is 0 Å². The number of rotatable bonds is 10. The summed E-state index contributed by atoms with van der Waals surface area (Å²) in [4.78, 5) is 20.2. The predicted molar refractivity (Wildman–Crippen MR) is 81.1 cm³/mol. The van der Waals surface area contributed by atoms with Gasteiger partial charge in [0.25, 0.3) is 0 Å². The van der Waals surface area contributed by atoms with Gasteiger partial charge in [0.15, 0.2) is 12.2 Å². The van der Waals surface area contributed by atoms with Crippen LogP contribution in [0.25, 0.3) is 0 Å². The first-order chi connectivity index (χ1) is 11.8. The van der Waals surface area contributed by atoms with Gasteiger partial charge < -0.3 is 66.8 Å². The first-order valence-electron chi connectivity index (χ1n) is 6.95. The Balaban J connectivity index is -0.000000192. The maximum Gasteiger partial charge on any atom is 0.335 e. The second-order valence-electron chi connectivity index (χ2n) is 5.03. The fraction of sp³-hybridized carbons (Fsp3) is 0.833. The first-order valence-corrected chi connectivity index (χ1v) is 6.95. The molecule has 0 saturated carbocycles. The smallest absolute Gasteiger partial charge is 0.335 e. The van der Waals surface area contributed by atoms with Crippen LogP contribution in [-0.2, 0) is 26.4 Å². The van der Waals surface area contributed by atoms with Gasteiger partial charge >= 0.3 is 11.9 Å². The molecule has 0 fully saturated rings. The molecule has 0 aromatic carbocycles. The van der Waals surface area contributed by atoms with E-state index in [9.17, 15) is 9.59 Å². The molecule has 0 bridgehead atoms. The van der Waals surface area contributed by atoms with Crippen LogP contribution in [0.15, 0.2) is 0 Å². The normalized spacial score (nSPS) is 18.9. The maximum absolute atomic E-state index is 10.1. The second-order valence-corrected chi connectivity index (χ2v) is 5.03. The van der Waals surface area contributed by atoms with Gasteiger partial charge in [-0.25, -0.2) is 9.59 Å². The zero-order valence-electron chi connectivity index (χ0n) is 14.0. The molecule has 0 rings (SSSR count). The number of carboxylic acids is 2. The number of carbonyl (C=O) groups is 2. The molecule has 0 saturated heterocycles. The summed E-state index contributed by atoms with van der Waals surface area (Å²) >= 11 is 0. The molecule has 0 aliphatic rings. The van der Waals surface area contributed by atoms with Crippen LogP contribution in [0.2, 0.25) is 0 Å².